The minimum absolute atomic E-state index is 0.0585. The van der Waals surface area contributed by atoms with E-state index < -0.39 is 22.6 Å². The summed E-state index contributed by atoms with van der Waals surface area (Å²) in [6.07, 6.45) is 0. The summed E-state index contributed by atoms with van der Waals surface area (Å²) < 4.78 is 32.3. The molecule has 0 unspecified atom stereocenters. The monoisotopic (exact) mass is 362 g/mol. The lowest BCUT2D eigenvalue weighted by Gasteiger charge is -2.19. The van der Waals surface area contributed by atoms with E-state index in [1.807, 2.05) is 0 Å². The Morgan fingerprint density at radius 1 is 1.04 bits per heavy atom. The van der Waals surface area contributed by atoms with Crippen LogP contribution in [0.2, 0.25) is 0 Å². The molecule has 0 spiro atoms. The average molecular weight is 362 g/mol. The molecule has 2 rings (SSSR count). The molecule has 134 valence electrons. The van der Waals surface area contributed by atoms with Gasteiger partial charge < -0.3 is 14.6 Å². The Morgan fingerprint density at radius 2 is 1.60 bits per heavy atom. The first kappa shape index (κ1) is 18.8. The fourth-order valence-electron chi connectivity index (χ4n) is 2.11. The van der Waals surface area contributed by atoms with Gasteiger partial charge in [-0.15, -0.1) is 0 Å². The van der Waals surface area contributed by atoms with Gasteiger partial charge in [-0.25, -0.2) is 8.42 Å². The van der Waals surface area contributed by atoms with Crippen LogP contribution in [0, 0.1) is 0 Å². The highest BCUT2D eigenvalue weighted by Crippen LogP contribution is 2.24. The molecule has 0 saturated carbocycles. The maximum atomic E-state index is 12.4. The third-order valence-corrected chi connectivity index (χ3v) is 4.89. The first-order valence-corrected chi connectivity index (χ1v) is 9.12. The number of anilines is 1. The smallest absolute Gasteiger partial charge is 0.261 e. The van der Waals surface area contributed by atoms with Crippen LogP contribution in [0.1, 0.15) is 26.3 Å². The van der Waals surface area contributed by atoms with Gasteiger partial charge in [0.05, 0.1) is 10.9 Å². The third kappa shape index (κ3) is 5.22. The van der Waals surface area contributed by atoms with Gasteiger partial charge in [-0.3, -0.25) is 4.72 Å². The van der Waals surface area contributed by atoms with Gasteiger partial charge in [0, 0.05) is 5.69 Å². The van der Waals surface area contributed by atoms with Crippen LogP contribution in [0.25, 0.3) is 0 Å². The highest BCUT2D eigenvalue weighted by atomic mass is 32.2. The van der Waals surface area contributed by atoms with Crippen LogP contribution in [0.5, 0.6) is 5.75 Å². The molecule has 1 N–H and O–H groups in total. The Bertz CT molecular complexity index is 835. The van der Waals surface area contributed by atoms with Crippen LogP contribution < -0.4 is 14.6 Å². The summed E-state index contributed by atoms with van der Waals surface area (Å²) in [6.45, 7) is 5.60. The molecule has 0 amide bonds. The van der Waals surface area contributed by atoms with Crippen molar-refractivity contribution in [3.05, 3.63) is 54.1 Å². The molecule has 0 aliphatic carbocycles. The number of ether oxygens (including phenoxy) is 1. The highest BCUT2D eigenvalue weighted by Gasteiger charge is 2.17. The Labute approximate surface area is 147 Å². The zero-order valence-electron chi connectivity index (χ0n) is 14.3. The molecule has 0 fully saturated rings. The lowest BCUT2D eigenvalue weighted by Crippen LogP contribution is -2.28. The standard InChI is InChI=1S/C18H21NO5S/c1-18(2,3)13-4-10-16(11-5-13)25(22,23)19-14-6-8-15(9-7-14)24-12-17(20)21/h4-11,19H,12H2,1-3H3,(H,20,21)/p-1. The van der Waals surface area contributed by atoms with Gasteiger partial charge in [0.25, 0.3) is 10.0 Å². The summed E-state index contributed by atoms with van der Waals surface area (Å²) in [5, 5.41) is 10.3. The van der Waals surface area contributed by atoms with E-state index in [4.69, 9.17) is 4.74 Å². The first-order valence-electron chi connectivity index (χ1n) is 7.64. The molecule has 0 atom stereocenters. The minimum Gasteiger partial charge on any atom is -0.546 e. The molecule has 2 aromatic carbocycles. The molecule has 0 heterocycles. The van der Waals surface area contributed by atoms with Crippen molar-refractivity contribution in [2.45, 2.75) is 31.1 Å². The van der Waals surface area contributed by atoms with Crippen molar-refractivity contribution in [1.29, 1.82) is 0 Å². The topological polar surface area (TPSA) is 95.5 Å². The zero-order chi connectivity index (χ0) is 18.7. The molecule has 2 aromatic rings. The first-order chi connectivity index (χ1) is 11.6. The highest BCUT2D eigenvalue weighted by molar-refractivity contribution is 7.92. The SMILES string of the molecule is CC(C)(C)c1ccc(S(=O)(=O)Nc2ccc(OCC(=O)[O-])cc2)cc1. The summed E-state index contributed by atoms with van der Waals surface area (Å²) >= 11 is 0. The molecule has 0 aliphatic rings. The van der Waals surface area contributed by atoms with E-state index in [0.717, 1.165) is 5.56 Å². The van der Waals surface area contributed by atoms with Gasteiger partial charge in [-0.2, -0.15) is 0 Å². The van der Waals surface area contributed by atoms with Crippen molar-refractivity contribution >= 4 is 21.7 Å². The number of hydrogen-bond donors (Lipinski definition) is 1. The van der Waals surface area contributed by atoms with Gasteiger partial charge in [0.1, 0.15) is 12.4 Å². The maximum absolute atomic E-state index is 12.4. The van der Waals surface area contributed by atoms with Crippen molar-refractivity contribution in [3.8, 4) is 5.75 Å². The fraction of sp³-hybridized carbons (Fsp3) is 0.278. The number of sulfonamides is 1. The molecule has 0 saturated heterocycles. The van der Waals surface area contributed by atoms with E-state index >= 15 is 0 Å². The molecule has 0 bridgehead atoms. The van der Waals surface area contributed by atoms with Gasteiger partial charge in [-0.1, -0.05) is 32.9 Å². The second kappa shape index (κ2) is 7.14. The predicted molar refractivity (Wildman–Crippen MR) is 92.9 cm³/mol. The number of rotatable bonds is 6. The van der Waals surface area contributed by atoms with E-state index in [0.29, 0.717) is 11.4 Å². The van der Waals surface area contributed by atoms with E-state index in [1.54, 1.807) is 24.3 Å². The van der Waals surface area contributed by atoms with Gasteiger partial charge in [0.15, 0.2) is 0 Å². The van der Waals surface area contributed by atoms with Gasteiger partial charge >= 0.3 is 0 Å². The van der Waals surface area contributed by atoms with Crippen LogP contribution in [0.15, 0.2) is 53.4 Å². The minimum atomic E-state index is -3.71. The number of carboxylic acids is 1. The lowest BCUT2D eigenvalue weighted by molar-refractivity contribution is -0.307. The molecule has 0 aliphatic heterocycles. The van der Waals surface area contributed by atoms with Crippen molar-refractivity contribution in [2.24, 2.45) is 0 Å². The molecule has 25 heavy (non-hydrogen) atoms. The molecule has 7 heteroatoms. The van der Waals surface area contributed by atoms with Crippen molar-refractivity contribution in [1.82, 2.24) is 0 Å². The summed E-state index contributed by atoms with van der Waals surface area (Å²) in [7, 11) is -3.71. The number of nitrogens with one attached hydrogen (secondary N) is 1. The van der Waals surface area contributed by atoms with E-state index in [9.17, 15) is 18.3 Å². The average Bonchev–Trinajstić information content (AvgIpc) is 2.53. The molecule has 0 radical (unpaired) electrons. The maximum Gasteiger partial charge on any atom is 0.261 e. The number of aliphatic carboxylic acids is 1. The van der Waals surface area contributed by atoms with Crippen molar-refractivity contribution in [3.63, 3.8) is 0 Å². The van der Waals surface area contributed by atoms with Crippen molar-refractivity contribution < 1.29 is 23.1 Å². The Hall–Kier alpha value is -2.54. The number of benzene rings is 2. The molecular weight excluding hydrogens is 342 g/mol. The lowest BCUT2D eigenvalue weighted by atomic mass is 9.87. The van der Waals surface area contributed by atoms with Crippen LogP contribution in [0.4, 0.5) is 5.69 Å². The summed E-state index contributed by atoms with van der Waals surface area (Å²) in [5.74, 6) is -1.02. The Morgan fingerprint density at radius 3 is 2.08 bits per heavy atom. The van der Waals surface area contributed by atoms with Gasteiger partial charge in [0.2, 0.25) is 0 Å². The number of hydrogen-bond acceptors (Lipinski definition) is 5. The number of carbonyl (C=O) groups is 1. The summed E-state index contributed by atoms with van der Waals surface area (Å²) in [6, 6.07) is 12.7. The number of carbonyl (C=O) groups excluding carboxylic acids is 1. The Balaban J connectivity index is 2.11. The fourth-order valence-corrected chi connectivity index (χ4v) is 3.17. The van der Waals surface area contributed by atoms with E-state index in [-0.39, 0.29) is 10.3 Å². The normalized spacial score (nSPS) is 11.8. The third-order valence-electron chi connectivity index (χ3n) is 3.49. The van der Waals surface area contributed by atoms with Crippen LogP contribution in [-0.4, -0.2) is 21.0 Å². The number of carboxylic acid groups (broad SMARTS) is 1. The second-order valence-electron chi connectivity index (χ2n) is 6.56. The van der Waals surface area contributed by atoms with E-state index in [2.05, 4.69) is 25.5 Å². The molecular formula is C18H20NO5S-. The largest absolute Gasteiger partial charge is 0.546 e. The summed E-state index contributed by atoms with van der Waals surface area (Å²) in [4.78, 5) is 10.5. The molecule has 6 nitrogen and oxygen atoms in total. The van der Waals surface area contributed by atoms with Crippen LogP contribution in [-0.2, 0) is 20.2 Å². The second-order valence-corrected chi connectivity index (χ2v) is 8.25. The zero-order valence-corrected chi connectivity index (χ0v) is 15.1. The van der Waals surface area contributed by atoms with Crippen LogP contribution in [0.3, 0.4) is 0 Å². The molecule has 0 aromatic heterocycles. The Kier molecular flexibility index (Phi) is 5.37. The summed E-state index contributed by atoms with van der Waals surface area (Å²) in [5.41, 5.74) is 1.33. The van der Waals surface area contributed by atoms with Crippen LogP contribution >= 0.6 is 0 Å². The van der Waals surface area contributed by atoms with E-state index in [1.165, 1.54) is 24.3 Å². The van der Waals surface area contributed by atoms with Gasteiger partial charge in [-0.05, 0) is 47.4 Å². The quantitative estimate of drug-likeness (QED) is 0.847. The van der Waals surface area contributed by atoms with Crippen molar-refractivity contribution in [2.75, 3.05) is 11.3 Å². The predicted octanol–water partition coefficient (Wildman–Crippen LogP) is 1.91.